The predicted octanol–water partition coefficient (Wildman–Crippen LogP) is 2.12. The molecule has 2 atom stereocenters. The Morgan fingerprint density at radius 1 is 1.35 bits per heavy atom. The van der Waals surface area contributed by atoms with Gasteiger partial charge in [0.2, 0.25) is 5.76 Å². The molecule has 106 valence electrons. The molecule has 0 unspecified atom stereocenters. The number of rotatable bonds is 3. The molecule has 2 aromatic rings. The van der Waals surface area contributed by atoms with Crippen LogP contribution in [-0.2, 0) is 6.54 Å². The topological polar surface area (TPSA) is 54.4 Å². The number of furan rings is 1. The number of likely N-dealkylation sites (tertiary alicyclic amines) is 1. The van der Waals surface area contributed by atoms with Crippen LogP contribution in [0.3, 0.4) is 0 Å². The van der Waals surface area contributed by atoms with Gasteiger partial charge in [-0.15, -0.1) is 0 Å². The van der Waals surface area contributed by atoms with Crippen molar-refractivity contribution in [2.24, 2.45) is 5.92 Å². The Morgan fingerprint density at radius 2 is 2.35 bits per heavy atom. The summed E-state index contributed by atoms with van der Waals surface area (Å²) < 4.78 is 10.7. The Kier molecular flexibility index (Phi) is 3.09. The Bertz CT molecular complexity index is 549. The molecule has 2 aliphatic rings. The van der Waals surface area contributed by atoms with Crippen LogP contribution in [0.4, 0.5) is 0 Å². The van der Waals surface area contributed by atoms with E-state index in [1.54, 1.807) is 6.26 Å². The van der Waals surface area contributed by atoms with Crippen LogP contribution in [0.15, 0.2) is 33.4 Å². The molecule has 1 N–H and O–H groups in total. The molecule has 2 aromatic heterocycles. The summed E-state index contributed by atoms with van der Waals surface area (Å²) in [6.07, 6.45) is 4.31. The van der Waals surface area contributed by atoms with Crippen molar-refractivity contribution in [2.75, 3.05) is 19.6 Å². The van der Waals surface area contributed by atoms with Gasteiger partial charge >= 0.3 is 0 Å². The highest BCUT2D eigenvalue weighted by Gasteiger charge is 2.34. The maximum absolute atomic E-state index is 5.35. The van der Waals surface area contributed by atoms with E-state index in [2.05, 4.69) is 15.4 Å². The Morgan fingerprint density at radius 3 is 3.20 bits per heavy atom. The summed E-state index contributed by atoms with van der Waals surface area (Å²) in [5.74, 6) is 2.25. The van der Waals surface area contributed by atoms with Crippen molar-refractivity contribution in [1.82, 2.24) is 15.4 Å². The molecule has 0 saturated carbocycles. The van der Waals surface area contributed by atoms with Crippen LogP contribution in [0.5, 0.6) is 0 Å². The minimum absolute atomic E-state index is 0.667. The predicted molar refractivity (Wildman–Crippen MR) is 74.0 cm³/mol. The molecule has 2 fully saturated rings. The molecule has 0 bridgehead atoms. The molecule has 2 aliphatic heterocycles. The minimum Gasteiger partial charge on any atom is -0.461 e. The van der Waals surface area contributed by atoms with Gasteiger partial charge in [-0.05, 0) is 37.4 Å². The first-order chi connectivity index (χ1) is 9.88. The van der Waals surface area contributed by atoms with Crippen LogP contribution < -0.4 is 5.32 Å². The van der Waals surface area contributed by atoms with Gasteiger partial charge in [-0.2, -0.15) is 0 Å². The summed E-state index contributed by atoms with van der Waals surface area (Å²) in [5, 5.41) is 7.78. The minimum atomic E-state index is 0.667. The van der Waals surface area contributed by atoms with Crippen molar-refractivity contribution < 1.29 is 8.94 Å². The Balaban J connectivity index is 1.42. The van der Waals surface area contributed by atoms with Crippen molar-refractivity contribution >= 4 is 0 Å². The molecule has 20 heavy (non-hydrogen) atoms. The Hall–Kier alpha value is -1.59. The van der Waals surface area contributed by atoms with E-state index in [9.17, 15) is 0 Å². The van der Waals surface area contributed by atoms with Crippen LogP contribution in [-0.4, -0.2) is 35.7 Å². The summed E-state index contributed by atoms with van der Waals surface area (Å²) in [6, 6.07) is 6.39. The fraction of sp³-hybridized carbons (Fsp3) is 0.533. The summed E-state index contributed by atoms with van der Waals surface area (Å²) in [7, 11) is 0. The van der Waals surface area contributed by atoms with Crippen LogP contribution >= 0.6 is 0 Å². The summed E-state index contributed by atoms with van der Waals surface area (Å²) in [4.78, 5) is 2.47. The van der Waals surface area contributed by atoms with Gasteiger partial charge in [0.25, 0.3) is 0 Å². The highest BCUT2D eigenvalue weighted by atomic mass is 16.5. The van der Waals surface area contributed by atoms with E-state index in [-0.39, 0.29) is 0 Å². The number of hydrogen-bond acceptors (Lipinski definition) is 5. The van der Waals surface area contributed by atoms with Crippen LogP contribution in [0, 0.1) is 5.92 Å². The van der Waals surface area contributed by atoms with Crippen molar-refractivity contribution in [1.29, 1.82) is 0 Å². The number of nitrogens with zero attached hydrogens (tertiary/aromatic N) is 2. The van der Waals surface area contributed by atoms with Gasteiger partial charge in [0.15, 0.2) is 5.76 Å². The van der Waals surface area contributed by atoms with Crippen molar-refractivity contribution in [3.8, 4) is 11.5 Å². The normalized spacial score (nSPS) is 26.8. The van der Waals surface area contributed by atoms with Crippen LogP contribution in [0.1, 0.15) is 18.5 Å². The van der Waals surface area contributed by atoms with E-state index < -0.39 is 0 Å². The number of aromatic nitrogens is 1. The highest BCUT2D eigenvalue weighted by Crippen LogP contribution is 2.27. The summed E-state index contributed by atoms with van der Waals surface area (Å²) in [5.41, 5.74) is 0.982. The van der Waals surface area contributed by atoms with Crippen molar-refractivity contribution in [3.05, 3.63) is 30.2 Å². The average Bonchev–Trinajstić information content (AvgIpc) is 3.18. The van der Waals surface area contributed by atoms with Crippen LogP contribution in [0.25, 0.3) is 11.5 Å². The molecule has 4 rings (SSSR count). The second-order valence-electron chi connectivity index (χ2n) is 5.82. The molecule has 0 aromatic carbocycles. The first-order valence-electron chi connectivity index (χ1n) is 7.34. The quantitative estimate of drug-likeness (QED) is 0.928. The molecule has 5 nitrogen and oxygen atoms in total. The second-order valence-corrected chi connectivity index (χ2v) is 5.82. The first kappa shape index (κ1) is 12.2. The maximum atomic E-state index is 5.35. The lowest BCUT2D eigenvalue weighted by Crippen LogP contribution is -2.40. The molecule has 0 amide bonds. The zero-order valence-electron chi connectivity index (χ0n) is 11.4. The lowest BCUT2D eigenvalue weighted by molar-refractivity contribution is 0.300. The maximum Gasteiger partial charge on any atom is 0.202 e. The number of fused-ring (bicyclic) bond motifs is 1. The molecular formula is C15H19N3O2. The lowest BCUT2D eigenvalue weighted by atomic mass is 9.94. The molecule has 0 aliphatic carbocycles. The van der Waals surface area contributed by atoms with Gasteiger partial charge in [0.05, 0.1) is 12.0 Å². The lowest BCUT2D eigenvalue weighted by Gasteiger charge is -2.24. The fourth-order valence-corrected chi connectivity index (χ4v) is 3.42. The van der Waals surface area contributed by atoms with E-state index in [1.165, 1.54) is 25.9 Å². The number of hydrogen-bond donors (Lipinski definition) is 1. The van der Waals surface area contributed by atoms with E-state index in [0.29, 0.717) is 11.8 Å². The summed E-state index contributed by atoms with van der Waals surface area (Å²) in [6.45, 7) is 4.31. The Labute approximate surface area is 117 Å². The molecular weight excluding hydrogens is 254 g/mol. The molecule has 0 radical (unpaired) electrons. The van der Waals surface area contributed by atoms with Gasteiger partial charge in [0.1, 0.15) is 0 Å². The first-order valence-corrected chi connectivity index (χ1v) is 7.34. The van der Waals surface area contributed by atoms with Crippen molar-refractivity contribution in [3.63, 3.8) is 0 Å². The van der Waals surface area contributed by atoms with Crippen LogP contribution in [0.2, 0.25) is 0 Å². The SMILES string of the molecule is c1coc(-c2cc(CN3C[C@@H]4CCCN[C@@H]4C3)no2)c1. The number of nitrogens with one attached hydrogen (secondary N) is 1. The van der Waals surface area contributed by atoms with E-state index >= 15 is 0 Å². The van der Waals surface area contributed by atoms with Gasteiger partial charge in [-0.25, -0.2) is 0 Å². The van der Waals surface area contributed by atoms with E-state index in [1.807, 2.05) is 18.2 Å². The summed E-state index contributed by atoms with van der Waals surface area (Å²) >= 11 is 0. The molecule has 5 heteroatoms. The fourth-order valence-electron chi connectivity index (χ4n) is 3.42. The molecule has 2 saturated heterocycles. The third-order valence-electron chi connectivity index (χ3n) is 4.38. The number of piperidine rings is 1. The molecule has 0 spiro atoms. The zero-order valence-corrected chi connectivity index (χ0v) is 11.4. The third-order valence-corrected chi connectivity index (χ3v) is 4.38. The molecule has 4 heterocycles. The highest BCUT2D eigenvalue weighted by molar-refractivity contribution is 5.49. The van der Waals surface area contributed by atoms with Gasteiger partial charge in [0, 0.05) is 31.7 Å². The van der Waals surface area contributed by atoms with Gasteiger partial charge < -0.3 is 14.3 Å². The average molecular weight is 273 g/mol. The standard InChI is InChI=1S/C15H19N3O2/c1-3-11-8-18(10-13(11)16-5-1)9-12-7-15(20-17-12)14-4-2-6-19-14/h2,4,6-7,11,13,16H,1,3,5,8-10H2/t11-,13+/m0/s1. The van der Waals surface area contributed by atoms with Gasteiger partial charge in [-0.3, -0.25) is 4.90 Å². The monoisotopic (exact) mass is 273 g/mol. The second kappa shape index (κ2) is 5.07. The zero-order chi connectivity index (χ0) is 13.4. The van der Waals surface area contributed by atoms with Gasteiger partial charge in [-0.1, -0.05) is 5.16 Å². The van der Waals surface area contributed by atoms with E-state index in [0.717, 1.165) is 30.5 Å². The van der Waals surface area contributed by atoms with E-state index in [4.69, 9.17) is 8.94 Å². The smallest absolute Gasteiger partial charge is 0.202 e. The van der Waals surface area contributed by atoms with Crippen molar-refractivity contribution in [2.45, 2.75) is 25.4 Å². The largest absolute Gasteiger partial charge is 0.461 e. The third kappa shape index (κ3) is 2.27.